The van der Waals surface area contributed by atoms with Crippen molar-refractivity contribution in [1.82, 2.24) is 10.2 Å². The van der Waals surface area contributed by atoms with Crippen LogP contribution in [0.2, 0.25) is 0 Å². The molecule has 0 bridgehead atoms. The van der Waals surface area contributed by atoms with E-state index in [-0.39, 0.29) is 11.9 Å². The Morgan fingerprint density at radius 1 is 1.23 bits per heavy atom. The van der Waals surface area contributed by atoms with Crippen molar-refractivity contribution in [3.05, 3.63) is 52.2 Å². The van der Waals surface area contributed by atoms with Crippen molar-refractivity contribution in [3.63, 3.8) is 0 Å². The zero-order valence-corrected chi connectivity index (χ0v) is 16.0. The maximum Gasteiger partial charge on any atom is 0.234 e. The Morgan fingerprint density at radius 2 is 2.00 bits per heavy atom. The molecule has 1 aromatic carbocycles. The van der Waals surface area contributed by atoms with Crippen LogP contribution >= 0.6 is 11.3 Å². The van der Waals surface area contributed by atoms with Crippen LogP contribution in [0.25, 0.3) is 0 Å². The van der Waals surface area contributed by atoms with Crippen molar-refractivity contribution in [2.75, 3.05) is 13.7 Å². The maximum atomic E-state index is 12.8. The lowest BCUT2D eigenvalue weighted by atomic mass is 10.0. The molecule has 0 aliphatic heterocycles. The van der Waals surface area contributed by atoms with Gasteiger partial charge >= 0.3 is 0 Å². The quantitative estimate of drug-likeness (QED) is 0.726. The van der Waals surface area contributed by atoms with Crippen LogP contribution in [-0.4, -0.2) is 30.5 Å². The van der Waals surface area contributed by atoms with Crippen molar-refractivity contribution in [3.8, 4) is 5.75 Å². The second-order valence-corrected chi connectivity index (χ2v) is 8.40. The van der Waals surface area contributed by atoms with Gasteiger partial charge in [-0.1, -0.05) is 18.2 Å². The molecule has 2 saturated carbocycles. The lowest BCUT2D eigenvalue weighted by molar-refractivity contribution is -0.123. The highest BCUT2D eigenvalue weighted by Crippen LogP contribution is 2.41. The molecular formula is C21H26N2O2S. The Hall–Kier alpha value is -1.85. The molecule has 1 unspecified atom stereocenters. The Bertz CT molecular complexity index is 721. The summed E-state index contributed by atoms with van der Waals surface area (Å²) in [5.74, 6) is 1.56. The number of ether oxygens (including phenoxy) is 1. The molecule has 2 aromatic rings. The second-order valence-electron chi connectivity index (χ2n) is 7.37. The first kappa shape index (κ1) is 17.6. The number of amides is 1. The average Bonchev–Trinajstić information content (AvgIpc) is 3.58. The Balaban J connectivity index is 1.39. The van der Waals surface area contributed by atoms with Gasteiger partial charge in [-0.05, 0) is 60.7 Å². The molecule has 1 amide bonds. The van der Waals surface area contributed by atoms with Crippen LogP contribution in [0.15, 0.2) is 41.8 Å². The van der Waals surface area contributed by atoms with Gasteiger partial charge in [-0.2, -0.15) is 0 Å². The predicted octanol–water partition coefficient (Wildman–Crippen LogP) is 3.99. The van der Waals surface area contributed by atoms with E-state index in [1.165, 1.54) is 36.1 Å². The third-order valence-electron chi connectivity index (χ3n) is 5.23. The number of carbonyl (C=O) groups is 1. The number of thiophene rings is 1. The molecule has 0 radical (unpaired) electrons. The lowest BCUT2D eigenvalue weighted by Crippen LogP contribution is -2.40. The normalized spacial score (nSPS) is 17.9. The number of nitrogens with zero attached hydrogens (tertiary/aromatic N) is 1. The average molecular weight is 371 g/mol. The van der Waals surface area contributed by atoms with E-state index in [1.54, 1.807) is 18.4 Å². The number of rotatable bonds is 9. The smallest absolute Gasteiger partial charge is 0.234 e. The number of benzene rings is 1. The summed E-state index contributed by atoms with van der Waals surface area (Å²) in [7, 11) is 1.68. The summed E-state index contributed by atoms with van der Waals surface area (Å²) in [6.07, 6.45) is 4.81. The molecule has 26 heavy (non-hydrogen) atoms. The van der Waals surface area contributed by atoms with Crippen LogP contribution in [0, 0.1) is 5.92 Å². The molecule has 4 rings (SSSR count). The third kappa shape index (κ3) is 4.46. The molecule has 4 nitrogen and oxygen atoms in total. The molecule has 0 spiro atoms. The first-order valence-electron chi connectivity index (χ1n) is 9.42. The number of hydrogen-bond donors (Lipinski definition) is 1. The van der Waals surface area contributed by atoms with Crippen molar-refractivity contribution < 1.29 is 9.53 Å². The highest BCUT2D eigenvalue weighted by molar-refractivity contribution is 7.09. The molecule has 5 heteroatoms. The molecule has 1 N–H and O–H groups in total. The number of hydrogen-bond acceptors (Lipinski definition) is 4. The van der Waals surface area contributed by atoms with E-state index < -0.39 is 0 Å². The summed E-state index contributed by atoms with van der Waals surface area (Å²) < 4.78 is 5.25. The van der Waals surface area contributed by atoms with Gasteiger partial charge < -0.3 is 10.1 Å². The van der Waals surface area contributed by atoms with E-state index >= 15 is 0 Å². The summed E-state index contributed by atoms with van der Waals surface area (Å²) in [6.45, 7) is 1.37. The molecule has 138 valence electrons. The largest absolute Gasteiger partial charge is 0.497 e. The first-order chi connectivity index (χ1) is 12.7. The van der Waals surface area contributed by atoms with Gasteiger partial charge in [-0.25, -0.2) is 0 Å². The van der Waals surface area contributed by atoms with Crippen LogP contribution < -0.4 is 10.1 Å². The van der Waals surface area contributed by atoms with Crippen molar-refractivity contribution in [2.24, 2.45) is 5.92 Å². The Morgan fingerprint density at radius 3 is 2.58 bits per heavy atom. The molecule has 2 fully saturated rings. The number of nitrogens with one attached hydrogen (secondary N) is 1. The Labute approximate surface area is 159 Å². The summed E-state index contributed by atoms with van der Waals surface area (Å²) in [6, 6.07) is 13.0. The van der Waals surface area contributed by atoms with Crippen LogP contribution in [-0.2, 0) is 11.3 Å². The molecular weight excluding hydrogens is 344 g/mol. The Kier molecular flexibility index (Phi) is 5.27. The highest BCUT2D eigenvalue weighted by Gasteiger charge is 2.35. The summed E-state index contributed by atoms with van der Waals surface area (Å²) in [5, 5.41) is 5.41. The zero-order valence-electron chi connectivity index (χ0n) is 15.2. The highest BCUT2D eigenvalue weighted by atomic mass is 32.1. The van der Waals surface area contributed by atoms with Gasteiger partial charge in [0.15, 0.2) is 0 Å². The monoisotopic (exact) mass is 370 g/mol. The van der Waals surface area contributed by atoms with Crippen molar-refractivity contribution in [1.29, 1.82) is 0 Å². The van der Waals surface area contributed by atoms with Gasteiger partial charge in [-0.3, -0.25) is 9.69 Å². The fourth-order valence-electron chi connectivity index (χ4n) is 3.47. The minimum absolute atomic E-state index is 0.121. The zero-order chi connectivity index (χ0) is 17.9. The van der Waals surface area contributed by atoms with E-state index in [4.69, 9.17) is 4.74 Å². The van der Waals surface area contributed by atoms with Gasteiger partial charge in [0.25, 0.3) is 0 Å². The molecule has 1 aromatic heterocycles. The van der Waals surface area contributed by atoms with E-state index in [0.717, 1.165) is 12.3 Å². The fourth-order valence-corrected chi connectivity index (χ4v) is 4.20. The fraction of sp³-hybridized carbons (Fsp3) is 0.476. The van der Waals surface area contributed by atoms with Crippen LogP contribution in [0.4, 0.5) is 0 Å². The standard InChI is InChI=1S/C21H26N2O2S/c1-25-18-10-6-16(7-11-18)21(15-4-5-15)22-20(24)14-23(17-8-9-17)13-19-3-2-12-26-19/h2-3,6-7,10-12,15,17,21H,4-5,8-9,13-14H2,1H3,(H,22,24). The van der Waals surface area contributed by atoms with E-state index in [0.29, 0.717) is 18.5 Å². The molecule has 0 saturated heterocycles. The third-order valence-corrected chi connectivity index (χ3v) is 6.09. The second kappa shape index (κ2) is 7.80. The van der Waals surface area contributed by atoms with Crippen LogP contribution in [0.5, 0.6) is 5.75 Å². The molecule has 2 aliphatic carbocycles. The summed E-state index contributed by atoms with van der Waals surface area (Å²) in [4.78, 5) is 16.4. The van der Waals surface area contributed by atoms with Crippen molar-refractivity contribution >= 4 is 17.2 Å². The van der Waals surface area contributed by atoms with E-state index in [9.17, 15) is 4.79 Å². The first-order valence-corrected chi connectivity index (χ1v) is 10.3. The SMILES string of the molecule is COc1ccc(C(NC(=O)CN(Cc2cccs2)C2CC2)C2CC2)cc1. The summed E-state index contributed by atoms with van der Waals surface area (Å²) in [5.41, 5.74) is 1.18. The summed E-state index contributed by atoms with van der Waals surface area (Å²) >= 11 is 1.77. The molecule has 1 atom stereocenters. The van der Waals surface area contributed by atoms with E-state index in [1.807, 2.05) is 12.1 Å². The van der Waals surface area contributed by atoms with Crippen LogP contribution in [0.1, 0.15) is 42.2 Å². The molecule has 2 aliphatic rings. The topological polar surface area (TPSA) is 41.6 Å². The lowest BCUT2D eigenvalue weighted by Gasteiger charge is -2.24. The minimum atomic E-state index is 0.121. The number of carbonyl (C=O) groups excluding carboxylic acids is 1. The maximum absolute atomic E-state index is 12.8. The van der Waals surface area contributed by atoms with Gasteiger partial charge in [0.1, 0.15) is 5.75 Å². The number of methoxy groups -OCH3 is 1. The van der Waals surface area contributed by atoms with Gasteiger partial charge in [0.2, 0.25) is 5.91 Å². The minimum Gasteiger partial charge on any atom is -0.497 e. The van der Waals surface area contributed by atoms with E-state index in [2.05, 4.69) is 39.9 Å². The van der Waals surface area contributed by atoms with Crippen LogP contribution in [0.3, 0.4) is 0 Å². The van der Waals surface area contributed by atoms with Gasteiger partial charge in [0, 0.05) is 17.5 Å². The molecule has 1 heterocycles. The van der Waals surface area contributed by atoms with Gasteiger partial charge in [0.05, 0.1) is 19.7 Å². The predicted molar refractivity (Wildman–Crippen MR) is 104 cm³/mol. The van der Waals surface area contributed by atoms with Gasteiger partial charge in [-0.15, -0.1) is 11.3 Å². The van der Waals surface area contributed by atoms with Crippen molar-refractivity contribution in [2.45, 2.75) is 44.3 Å².